The maximum atomic E-state index is 13.2. The number of hydrogen-bond donors (Lipinski definition) is 3. The first-order valence-electron chi connectivity index (χ1n) is 25.2. The topological polar surface area (TPSA) is 95.9 Å². The van der Waals surface area contributed by atoms with Gasteiger partial charge < -0.3 is 20.3 Å². The van der Waals surface area contributed by atoms with E-state index in [1.165, 1.54) is 103 Å². The second-order valence-electron chi connectivity index (χ2n) is 17.0. The van der Waals surface area contributed by atoms with Crippen molar-refractivity contribution >= 4 is 11.9 Å². The molecular weight excluding hydrogens is 743 g/mol. The van der Waals surface area contributed by atoms with Gasteiger partial charge >= 0.3 is 5.97 Å². The maximum absolute atomic E-state index is 13.2. The molecule has 0 saturated carbocycles. The zero-order valence-electron chi connectivity index (χ0n) is 39.3. The monoisotopic (exact) mass is 838 g/mol. The molecule has 3 N–H and O–H groups in total. The lowest BCUT2D eigenvalue weighted by molar-refractivity contribution is -0.151. The molecule has 0 aliphatic carbocycles. The smallest absolute Gasteiger partial charge is 0.306 e. The van der Waals surface area contributed by atoms with E-state index in [4.69, 9.17) is 4.74 Å². The van der Waals surface area contributed by atoms with Crippen molar-refractivity contribution in [1.29, 1.82) is 0 Å². The van der Waals surface area contributed by atoms with Crippen molar-refractivity contribution in [3.8, 4) is 0 Å². The van der Waals surface area contributed by atoms with E-state index in [0.717, 1.165) is 83.5 Å². The molecule has 346 valence electrons. The van der Waals surface area contributed by atoms with Crippen LogP contribution in [-0.2, 0) is 14.3 Å². The van der Waals surface area contributed by atoms with Crippen LogP contribution in [0.2, 0.25) is 0 Å². The van der Waals surface area contributed by atoms with Gasteiger partial charge in [0.1, 0.15) is 6.10 Å². The number of hydrogen-bond acceptors (Lipinski definition) is 5. The Morgan fingerprint density at radius 3 is 1.40 bits per heavy atom. The molecule has 0 aliphatic heterocycles. The molecule has 1 amide bonds. The van der Waals surface area contributed by atoms with Gasteiger partial charge in [-0.2, -0.15) is 0 Å². The number of rotatable bonds is 44. The number of esters is 1. The molecule has 3 atom stereocenters. The van der Waals surface area contributed by atoms with Crippen LogP contribution in [0.25, 0.3) is 0 Å². The highest BCUT2D eigenvalue weighted by atomic mass is 16.5. The summed E-state index contributed by atoms with van der Waals surface area (Å²) in [5.74, 6) is -0.548. The Morgan fingerprint density at radius 2 is 0.900 bits per heavy atom. The van der Waals surface area contributed by atoms with Crippen molar-refractivity contribution in [1.82, 2.24) is 5.32 Å². The molecule has 0 aromatic heterocycles. The van der Waals surface area contributed by atoms with E-state index in [-0.39, 0.29) is 24.9 Å². The van der Waals surface area contributed by atoms with Crippen LogP contribution in [0.3, 0.4) is 0 Å². The minimum Gasteiger partial charge on any atom is -0.462 e. The SMILES string of the molecule is CC/C=C/C=C/C=C\C=C/CCCCCC(=O)OC(CCCCC/C=C/C=C/CCCCCCCCC)CC(=O)NC(CO)C(O)CCCCCCCCCCCCCC. The number of carbonyl (C=O) groups is 2. The maximum Gasteiger partial charge on any atom is 0.306 e. The molecule has 0 radical (unpaired) electrons. The Labute approximate surface area is 371 Å². The van der Waals surface area contributed by atoms with E-state index in [0.29, 0.717) is 19.3 Å². The fourth-order valence-electron chi connectivity index (χ4n) is 7.31. The summed E-state index contributed by atoms with van der Waals surface area (Å²) in [6, 6.07) is -0.720. The fourth-order valence-corrected chi connectivity index (χ4v) is 7.31. The van der Waals surface area contributed by atoms with Crippen LogP contribution in [0.1, 0.15) is 233 Å². The Balaban J connectivity index is 4.72. The molecule has 0 heterocycles. The standard InChI is InChI=1S/C54H95NO5/c1-4-7-10-13-16-19-22-25-26-27-29-30-33-36-39-42-45-50(60-54(59)47-44-41-38-35-32-28-23-20-17-14-11-8-5-2)48-53(58)55-51(49-56)52(57)46-43-40-37-34-31-24-21-18-15-12-9-6-3/h8,11,14,17,20,23,26-30,32,50-52,56-57H,4-7,9-10,12-13,15-16,18-19,21-22,24-25,31,33-49H2,1-3H3,(H,55,58)/b11-8+,17-14+,23-20-,27-26+,30-29+,32-28-. The quantitative estimate of drug-likeness (QED) is 0.0323. The Hall–Kier alpha value is -2.70. The number of aliphatic hydroxyl groups is 2. The second-order valence-corrected chi connectivity index (χ2v) is 17.0. The molecule has 0 rings (SSSR count). The first kappa shape index (κ1) is 57.3. The Kier molecular flexibility index (Phi) is 45.2. The van der Waals surface area contributed by atoms with Gasteiger partial charge in [-0.25, -0.2) is 0 Å². The molecule has 0 fully saturated rings. The van der Waals surface area contributed by atoms with Crippen molar-refractivity contribution in [2.75, 3.05) is 6.61 Å². The van der Waals surface area contributed by atoms with Gasteiger partial charge in [0.05, 0.1) is 25.2 Å². The zero-order valence-corrected chi connectivity index (χ0v) is 39.3. The Morgan fingerprint density at radius 1 is 0.500 bits per heavy atom. The van der Waals surface area contributed by atoms with Gasteiger partial charge in [0, 0.05) is 6.42 Å². The van der Waals surface area contributed by atoms with Crippen molar-refractivity contribution < 1.29 is 24.5 Å². The predicted octanol–water partition coefficient (Wildman–Crippen LogP) is 15.0. The van der Waals surface area contributed by atoms with Crippen LogP contribution in [0, 0.1) is 0 Å². The van der Waals surface area contributed by atoms with Crippen LogP contribution in [0.5, 0.6) is 0 Å². The summed E-state index contributed by atoms with van der Waals surface area (Å²) in [7, 11) is 0. The number of unbranched alkanes of at least 4 members (excludes halogenated alkanes) is 24. The average molecular weight is 838 g/mol. The summed E-state index contributed by atoms with van der Waals surface area (Å²) in [6.07, 6.45) is 59.6. The van der Waals surface area contributed by atoms with Gasteiger partial charge in [0.2, 0.25) is 5.91 Å². The van der Waals surface area contributed by atoms with E-state index in [9.17, 15) is 19.8 Å². The third-order valence-corrected chi connectivity index (χ3v) is 11.1. The van der Waals surface area contributed by atoms with Gasteiger partial charge in [-0.3, -0.25) is 9.59 Å². The number of ether oxygens (including phenoxy) is 1. The number of nitrogens with one attached hydrogen (secondary N) is 1. The molecule has 0 aromatic rings. The molecule has 0 aromatic carbocycles. The van der Waals surface area contributed by atoms with Crippen LogP contribution >= 0.6 is 0 Å². The van der Waals surface area contributed by atoms with E-state index >= 15 is 0 Å². The molecule has 6 heteroatoms. The largest absolute Gasteiger partial charge is 0.462 e. The lowest BCUT2D eigenvalue weighted by Crippen LogP contribution is -2.46. The Bertz CT molecular complexity index is 1120. The third kappa shape index (κ3) is 42.0. The molecule has 0 aliphatic rings. The van der Waals surface area contributed by atoms with Gasteiger partial charge in [-0.15, -0.1) is 0 Å². The predicted molar refractivity (Wildman–Crippen MR) is 259 cm³/mol. The van der Waals surface area contributed by atoms with Crippen molar-refractivity contribution in [3.05, 3.63) is 72.9 Å². The summed E-state index contributed by atoms with van der Waals surface area (Å²) < 4.78 is 5.89. The minimum atomic E-state index is -0.804. The highest BCUT2D eigenvalue weighted by Gasteiger charge is 2.24. The van der Waals surface area contributed by atoms with Crippen molar-refractivity contribution in [2.45, 2.75) is 251 Å². The molecular formula is C54H95NO5. The molecule has 60 heavy (non-hydrogen) atoms. The van der Waals surface area contributed by atoms with Crippen LogP contribution < -0.4 is 5.32 Å². The molecule has 3 unspecified atom stereocenters. The molecule has 0 spiro atoms. The third-order valence-electron chi connectivity index (χ3n) is 11.1. The molecule has 0 bridgehead atoms. The molecule has 6 nitrogen and oxygen atoms in total. The van der Waals surface area contributed by atoms with E-state index in [1.54, 1.807) is 0 Å². The van der Waals surface area contributed by atoms with Crippen molar-refractivity contribution in [2.24, 2.45) is 0 Å². The van der Waals surface area contributed by atoms with E-state index in [2.05, 4.69) is 68.6 Å². The highest BCUT2D eigenvalue weighted by Crippen LogP contribution is 2.17. The van der Waals surface area contributed by atoms with Gasteiger partial charge in [-0.1, -0.05) is 222 Å². The average Bonchev–Trinajstić information content (AvgIpc) is 3.24. The number of amides is 1. The van der Waals surface area contributed by atoms with E-state index < -0.39 is 18.2 Å². The fraction of sp³-hybridized carbons (Fsp3) is 0.741. The first-order chi connectivity index (χ1) is 29.5. The van der Waals surface area contributed by atoms with Crippen LogP contribution in [0.15, 0.2) is 72.9 Å². The minimum absolute atomic E-state index is 0.0411. The summed E-state index contributed by atoms with van der Waals surface area (Å²) in [5.41, 5.74) is 0. The molecule has 0 saturated heterocycles. The van der Waals surface area contributed by atoms with Crippen LogP contribution in [-0.4, -0.2) is 46.9 Å². The van der Waals surface area contributed by atoms with E-state index in [1.807, 2.05) is 30.4 Å². The summed E-state index contributed by atoms with van der Waals surface area (Å²) >= 11 is 0. The van der Waals surface area contributed by atoms with Gasteiger partial charge in [0.25, 0.3) is 0 Å². The highest BCUT2D eigenvalue weighted by molar-refractivity contribution is 5.77. The summed E-state index contributed by atoms with van der Waals surface area (Å²) in [4.78, 5) is 26.1. The normalized spacial score (nSPS) is 13.9. The van der Waals surface area contributed by atoms with Crippen molar-refractivity contribution in [3.63, 3.8) is 0 Å². The number of carbonyl (C=O) groups excluding carboxylic acids is 2. The zero-order chi connectivity index (χ0) is 43.8. The number of aliphatic hydroxyl groups excluding tert-OH is 2. The van der Waals surface area contributed by atoms with Gasteiger partial charge in [0.15, 0.2) is 0 Å². The lowest BCUT2D eigenvalue weighted by Gasteiger charge is -2.24. The summed E-state index contributed by atoms with van der Waals surface area (Å²) in [6.45, 7) is 6.31. The van der Waals surface area contributed by atoms with Gasteiger partial charge in [-0.05, 0) is 70.6 Å². The summed E-state index contributed by atoms with van der Waals surface area (Å²) in [5, 5.41) is 23.7. The first-order valence-corrected chi connectivity index (χ1v) is 25.2. The van der Waals surface area contributed by atoms with Crippen LogP contribution in [0.4, 0.5) is 0 Å². The number of allylic oxidation sites excluding steroid dienone is 12. The second kappa shape index (κ2) is 47.4. The lowest BCUT2D eigenvalue weighted by atomic mass is 10.0.